The third kappa shape index (κ3) is 5.64. The molecule has 0 aliphatic carbocycles. The molecule has 0 atom stereocenters. The molecule has 3 rings (SSSR count). The molecule has 0 radical (unpaired) electrons. The number of fused-ring (bicyclic) bond motifs is 1. The van der Waals surface area contributed by atoms with E-state index >= 15 is 0 Å². The molecule has 28 heavy (non-hydrogen) atoms. The maximum absolute atomic E-state index is 12.1. The average molecular weight is 386 g/mol. The highest BCUT2D eigenvalue weighted by Gasteiger charge is 2.11. The lowest BCUT2D eigenvalue weighted by molar-refractivity contribution is -0.125. The summed E-state index contributed by atoms with van der Waals surface area (Å²) in [7, 11) is 0. The van der Waals surface area contributed by atoms with Gasteiger partial charge in [0, 0.05) is 37.3 Å². The van der Waals surface area contributed by atoms with Crippen molar-refractivity contribution < 1.29 is 14.3 Å². The summed E-state index contributed by atoms with van der Waals surface area (Å²) in [6, 6.07) is 7.27. The van der Waals surface area contributed by atoms with Crippen molar-refractivity contribution in [2.75, 3.05) is 45.9 Å². The molecule has 8 nitrogen and oxygen atoms in total. The van der Waals surface area contributed by atoms with E-state index in [-0.39, 0.29) is 30.3 Å². The number of morpholine rings is 1. The second-order valence-electron chi connectivity index (χ2n) is 6.96. The SMILES string of the molecule is Cc1cc2cc(CC(=O)NCC(=O)NCCN3CCOCC3)ccc2[nH]c1=O. The maximum atomic E-state index is 12.1. The van der Waals surface area contributed by atoms with Crippen molar-refractivity contribution in [3.8, 4) is 0 Å². The van der Waals surface area contributed by atoms with Gasteiger partial charge in [0.25, 0.3) is 5.56 Å². The van der Waals surface area contributed by atoms with E-state index < -0.39 is 0 Å². The minimum Gasteiger partial charge on any atom is -0.379 e. The molecule has 0 bridgehead atoms. The zero-order valence-electron chi connectivity index (χ0n) is 16.0. The van der Waals surface area contributed by atoms with Gasteiger partial charge in [0.05, 0.1) is 26.2 Å². The van der Waals surface area contributed by atoms with Gasteiger partial charge in [-0.1, -0.05) is 6.07 Å². The number of pyridine rings is 1. The van der Waals surface area contributed by atoms with Gasteiger partial charge in [0.2, 0.25) is 11.8 Å². The number of aromatic amines is 1. The summed E-state index contributed by atoms with van der Waals surface area (Å²) in [6.07, 6.45) is 0.176. The van der Waals surface area contributed by atoms with Gasteiger partial charge in [-0.15, -0.1) is 0 Å². The van der Waals surface area contributed by atoms with Gasteiger partial charge in [0.1, 0.15) is 0 Å². The van der Waals surface area contributed by atoms with Crippen LogP contribution in [-0.4, -0.2) is 67.6 Å². The van der Waals surface area contributed by atoms with Crippen LogP contribution in [0.15, 0.2) is 29.1 Å². The predicted octanol–water partition coefficient (Wildman–Crippen LogP) is -0.0564. The Morgan fingerprint density at radius 3 is 2.71 bits per heavy atom. The molecule has 0 spiro atoms. The number of carbonyl (C=O) groups is 2. The number of hydrogen-bond donors (Lipinski definition) is 3. The minimum atomic E-state index is -0.219. The van der Waals surface area contributed by atoms with E-state index in [2.05, 4.69) is 20.5 Å². The largest absolute Gasteiger partial charge is 0.379 e. The van der Waals surface area contributed by atoms with Crippen LogP contribution in [0.25, 0.3) is 10.9 Å². The molecule has 1 aromatic heterocycles. The van der Waals surface area contributed by atoms with Crippen molar-refractivity contribution in [3.63, 3.8) is 0 Å². The van der Waals surface area contributed by atoms with Crippen molar-refractivity contribution in [2.45, 2.75) is 13.3 Å². The second-order valence-corrected chi connectivity index (χ2v) is 6.96. The van der Waals surface area contributed by atoms with Crippen LogP contribution in [0.1, 0.15) is 11.1 Å². The van der Waals surface area contributed by atoms with Gasteiger partial charge in [-0.3, -0.25) is 19.3 Å². The third-order valence-corrected chi connectivity index (χ3v) is 4.76. The number of ether oxygens (including phenoxy) is 1. The molecular weight excluding hydrogens is 360 g/mol. The van der Waals surface area contributed by atoms with E-state index in [0.29, 0.717) is 12.1 Å². The second kappa shape index (κ2) is 9.48. The normalized spacial score (nSPS) is 14.8. The topological polar surface area (TPSA) is 104 Å². The third-order valence-electron chi connectivity index (χ3n) is 4.76. The van der Waals surface area contributed by atoms with Crippen molar-refractivity contribution in [1.82, 2.24) is 20.5 Å². The summed E-state index contributed by atoms with van der Waals surface area (Å²) in [5, 5.41) is 6.34. The number of aromatic nitrogens is 1. The quantitative estimate of drug-likeness (QED) is 0.619. The van der Waals surface area contributed by atoms with Gasteiger partial charge in [-0.05, 0) is 36.1 Å². The Morgan fingerprint density at radius 2 is 1.93 bits per heavy atom. The van der Waals surface area contributed by atoms with Crippen LogP contribution in [-0.2, 0) is 20.7 Å². The van der Waals surface area contributed by atoms with E-state index in [1.165, 1.54) is 0 Å². The highest BCUT2D eigenvalue weighted by molar-refractivity contribution is 5.87. The molecule has 3 N–H and O–H groups in total. The number of amides is 2. The molecule has 1 fully saturated rings. The van der Waals surface area contributed by atoms with Crippen molar-refractivity contribution in [3.05, 3.63) is 45.7 Å². The molecule has 1 aliphatic rings. The fraction of sp³-hybridized carbons (Fsp3) is 0.450. The minimum absolute atomic E-state index is 0.0397. The Balaban J connectivity index is 1.42. The number of nitrogens with zero attached hydrogens (tertiary/aromatic N) is 1. The van der Waals surface area contributed by atoms with Gasteiger partial charge in [-0.25, -0.2) is 0 Å². The smallest absolute Gasteiger partial charge is 0.251 e. The van der Waals surface area contributed by atoms with Gasteiger partial charge >= 0.3 is 0 Å². The van der Waals surface area contributed by atoms with Gasteiger partial charge in [-0.2, -0.15) is 0 Å². The molecule has 2 amide bonds. The van der Waals surface area contributed by atoms with Crippen molar-refractivity contribution in [1.29, 1.82) is 0 Å². The molecule has 1 saturated heterocycles. The Hall–Kier alpha value is -2.71. The number of carbonyl (C=O) groups excluding carboxylic acids is 2. The van der Waals surface area contributed by atoms with Crippen molar-refractivity contribution in [2.24, 2.45) is 0 Å². The highest BCUT2D eigenvalue weighted by Crippen LogP contribution is 2.14. The Morgan fingerprint density at radius 1 is 1.14 bits per heavy atom. The summed E-state index contributed by atoms with van der Waals surface area (Å²) in [6.45, 7) is 6.26. The fourth-order valence-electron chi connectivity index (χ4n) is 3.14. The molecule has 2 heterocycles. The van der Waals surface area contributed by atoms with E-state index in [9.17, 15) is 14.4 Å². The lowest BCUT2D eigenvalue weighted by Crippen LogP contribution is -2.43. The van der Waals surface area contributed by atoms with Crippen LogP contribution >= 0.6 is 0 Å². The molecular formula is C20H26N4O4. The number of benzene rings is 1. The molecule has 0 saturated carbocycles. The zero-order chi connectivity index (χ0) is 19.9. The Kier molecular flexibility index (Phi) is 6.78. The number of H-pyrrole nitrogens is 1. The molecule has 150 valence electrons. The van der Waals surface area contributed by atoms with Crippen LogP contribution in [0.4, 0.5) is 0 Å². The van der Waals surface area contributed by atoms with E-state index in [1.807, 2.05) is 6.07 Å². The van der Waals surface area contributed by atoms with Crippen LogP contribution in [0.5, 0.6) is 0 Å². The summed E-state index contributed by atoms with van der Waals surface area (Å²) < 4.78 is 5.28. The molecule has 1 aromatic carbocycles. The molecule has 8 heteroatoms. The summed E-state index contributed by atoms with van der Waals surface area (Å²) in [5.41, 5.74) is 2.07. The zero-order valence-corrected chi connectivity index (χ0v) is 16.0. The van der Waals surface area contributed by atoms with Crippen LogP contribution in [0, 0.1) is 6.92 Å². The van der Waals surface area contributed by atoms with Gasteiger partial charge < -0.3 is 20.4 Å². The predicted molar refractivity (Wildman–Crippen MR) is 106 cm³/mol. The number of rotatable bonds is 7. The first-order valence-corrected chi connectivity index (χ1v) is 9.47. The van der Waals surface area contributed by atoms with E-state index in [0.717, 1.165) is 49.3 Å². The molecule has 1 aliphatic heterocycles. The van der Waals surface area contributed by atoms with Crippen molar-refractivity contribution >= 4 is 22.7 Å². The maximum Gasteiger partial charge on any atom is 0.251 e. The first kappa shape index (κ1) is 20.0. The average Bonchev–Trinajstić information content (AvgIpc) is 2.68. The summed E-state index contributed by atoms with van der Waals surface area (Å²) in [5.74, 6) is -0.419. The fourth-order valence-corrected chi connectivity index (χ4v) is 3.14. The first-order valence-electron chi connectivity index (χ1n) is 9.47. The number of aryl methyl sites for hydroxylation is 1. The lowest BCUT2D eigenvalue weighted by Gasteiger charge is -2.26. The monoisotopic (exact) mass is 386 g/mol. The lowest BCUT2D eigenvalue weighted by atomic mass is 10.1. The summed E-state index contributed by atoms with van der Waals surface area (Å²) in [4.78, 5) is 40.7. The van der Waals surface area contributed by atoms with Crippen LogP contribution in [0.2, 0.25) is 0 Å². The molecule has 0 unspecified atom stereocenters. The summed E-state index contributed by atoms with van der Waals surface area (Å²) >= 11 is 0. The van der Waals surface area contributed by atoms with Crippen LogP contribution < -0.4 is 16.2 Å². The van der Waals surface area contributed by atoms with E-state index in [4.69, 9.17) is 4.74 Å². The number of nitrogens with one attached hydrogen (secondary N) is 3. The Labute approximate surface area is 163 Å². The first-order chi connectivity index (χ1) is 13.5. The Bertz CT molecular complexity index is 903. The highest BCUT2D eigenvalue weighted by atomic mass is 16.5. The van der Waals surface area contributed by atoms with Crippen LogP contribution in [0.3, 0.4) is 0 Å². The number of hydrogen-bond acceptors (Lipinski definition) is 5. The standard InChI is InChI=1S/C20H26N4O4/c1-14-10-16-11-15(2-3-17(16)23-20(14)27)12-18(25)22-13-19(26)21-4-5-24-6-8-28-9-7-24/h2-3,10-11H,4-9,12-13H2,1H3,(H,21,26)(H,22,25)(H,23,27). The van der Waals surface area contributed by atoms with E-state index in [1.54, 1.807) is 25.1 Å². The van der Waals surface area contributed by atoms with Gasteiger partial charge in [0.15, 0.2) is 0 Å². The molecule has 2 aromatic rings.